The zero-order chi connectivity index (χ0) is 15.2. The summed E-state index contributed by atoms with van der Waals surface area (Å²) >= 11 is 0. The van der Waals surface area contributed by atoms with E-state index in [-0.39, 0.29) is 6.04 Å². The predicted molar refractivity (Wildman–Crippen MR) is 84.6 cm³/mol. The monoisotopic (exact) mass is 285 g/mol. The van der Waals surface area contributed by atoms with Crippen molar-refractivity contribution in [3.63, 3.8) is 0 Å². The lowest BCUT2D eigenvalue weighted by Gasteiger charge is -2.22. The van der Waals surface area contributed by atoms with Gasteiger partial charge in [0.1, 0.15) is 5.75 Å². The van der Waals surface area contributed by atoms with Gasteiger partial charge in [0.05, 0.1) is 24.0 Å². The maximum atomic E-state index is 5.78. The minimum absolute atomic E-state index is 0.0620. The van der Waals surface area contributed by atoms with Gasteiger partial charge in [0.25, 0.3) is 0 Å². The molecule has 0 aliphatic carbocycles. The lowest BCUT2D eigenvalue weighted by molar-refractivity contribution is 0.333. The number of nitrogens with zero attached hydrogens (tertiary/aromatic N) is 2. The summed E-state index contributed by atoms with van der Waals surface area (Å²) in [6.45, 7) is 9.59. The first-order chi connectivity index (χ1) is 10.2. The van der Waals surface area contributed by atoms with Gasteiger partial charge in [0, 0.05) is 5.56 Å². The molecule has 4 heteroatoms. The average molecular weight is 285 g/mol. The second-order valence-corrected chi connectivity index (χ2v) is 4.99. The molecule has 4 nitrogen and oxygen atoms in total. The van der Waals surface area contributed by atoms with Crippen molar-refractivity contribution < 1.29 is 4.74 Å². The Balaban J connectivity index is 2.50. The highest BCUT2D eigenvalue weighted by Crippen LogP contribution is 2.31. The van der Waals surface area contributed by atoms with Crippen LogP contribution in [0.4, 0.5) is 0 Å². The molecule has 1 unspecified atom stereocenters. The number of benzene rings is 1. The van der Waals surface area contributed by atoms with Gasteiger partial charge in [0.2, 0.25) is 0 Å². The van der Waals surface area contributed by atoms with Crippen LogP contribution in [-0.2, 0) is 0 Å². The Morgan fingerprint density at radius 2 is 1.86 bits per heavy atom. The zero-order valence-corrected chi connectivity index (χ0v) is 13.2. The average Bonchev–Trinajstić information content (AvgIpc) is 2.49. The number of hydrogen-bond donors (Lipinski definition) is 1. The number of nitrogens with one attached hydrogen (secondary N) is 1. The first-order valence-corrected chi connectivity index (χ1v) is 7.43. The molecule has 0 amide bonds. The van der Waals surface area contributed by atoms with Gasteiger partial charge in [-0.05, 0) is 45.0 Å². The second kappa shape index (κ2) is 7.18. The Morgan fingerprint density at radius 1 is 1.10 bits per heavy atom. The van der Waals surface area contributed by atoms with E-state index in [1.165, 1.54) is 0 Å². The number of ether oxygens (including phenoxy) is 1. The fourth-order valence-corrected chi connectivity index (χ4v) is 2.46. The molecule has 0 saturated carbocycles. The van der Waals surface area contributed by atoms with E-state index in [4.69, 9.17) is 4.74 Å². The minimum Gasteiger partial charge on any atom is -0.494 e. The second-order valence-electron chi connectivity index (χ2n) is 4.99. The van der Waals surface area contributed by atoms with Gasteiger partial charge in [-0.15, -0.1) is 0 Å². The molecular formula is C17H23N3O. The molecule has 0 aliphatic heterocycles. The molecule has 0 spiro atoms. The Bertz CT molecular complexity index is 598. The van der Waals surface area contributed by atoms with Crippen molar-refractivity contribution in [3.8, 4) is 5.75 Å². The summed E-state index contributed by atoms with van der Waals surface area (Å²) in [5.74, 6) is 0.916. The van der Waals surface area contributed by atoms with Crippen molar-refractivity contribution in [1.82, 2.24) is 15.5 Å². The van der Waals surface area contributed by atoms with E-state index in [2.05, 4.69) is 34.6 Å². The quantitative estimate of drug-likeness (QED) is 0.885. The molecule has 1 aromatic heterocycles. The van der Waals surface area contributed by atoms with E-state index in [0.29, 0.717) is 6.61 Å². The van der Waals surface area contributed by atoms with Crippen LogP contribution in [0.5, 0.6) is 5.75 Å². The largest absolute Gasteiger partial charge is 0.494 e. The number of rotatable bonds is 6. The summed E-state index contributed by atoms with van der Waals surface area (Å²) in [6, 6.07) is 10.3. The Kier molecular flexibility index (Phi) is 5.28. The summed E-state index contributed by atoms with van der Waals surface area (Å²) in [6.07, 6.45) is 0. The topological polar surface area (TPSA) is 47.0 Å². The van der Waals surface area contributed by atoms with E-state index >= 15 is 0 Å². The van der Waals surface area contributed by atoms with Crippen molar-refractivity contribution in [2.75, 3.05) is 13.2 Å². The van der Waals surface area contributed by atoms with Crippen LogP contribution in [0.2, 0.25) is 0 Å². The van der Waals surface area contributed by atoms with Gasteiger partial charge in [-0.1, -0.05) is 25.1 Å². The van der Waals surface area contributed by atoms with E-state index in [1.807, 2.05) is 39.0 Å². The Labute approximate surface area is 126 Å². The standard InChI is InChI=1S/C17H23N3O/c1-5-18-17(15-11-12(3)19-20-13(15)4)14-9-7-8-10-16(14)21-6-2/h7-11,17-18H,5-6H2,1-4H3. The fourth-order valence-electron chi connectivity index (χ4n) is 2.46. The molecule has 2 rings (SSSR count). The fraction of sp³-hybridized carbons (Fsp3) is 0.412. The van der Waals surface area contributed by atoms with E-state index in [9.17, 15) is 0 Å². The van der Waals surface area contributed by atoms with Crippen LogP contribution in [0.15, 0.2) is 30.3 Å². The van der Waals surface area contributed by atoms with Crippen molar-refractivity contribution in [3.05, 3.63) is 52.8 Å². The van der Waals surface area contributed by atoms with Gasteiger partial charge in [-0.2, -0.15) is 10.2 Å². The number of para-hydroxylation sites is 1. The molecule has 2 aromatic rings. The van der Waals surface area contributed by atoms with Crippen LogP contribution in [0.25, 0.3) is 0 Å². The van der Waals surface area contributed by atoms with Gasteiger partial charge in [-0.3, -0.25) is 0 Å². The van der Waals surface area contributed by atoms with Crippen LogP contribution < -0.4 is 10.1 Å². The van der Waals surface area contributed by atoms with Crippen LogP contribution in [0.3, 0.4) is 0 Å². The first kappa shape index (κ1) is 15.4. The molecule has 0 radical (unpaired) electrons. The lowest BCUT2D eigenvalue weighted by atomic mass is 9.96. The summed E-state index contributed by atoms with van der Waals surface area (Å²) in [5, 5.41) is 11.9. The highest BCUT2D eigenvalue weighted by atomic mass is 16.5. The maximum Gasteiger partial charge on any atom is 0.124 e. The Morgan fingerprint density at radius 3 is 2.57 bits per heavy atom. The summed E-state index contributed by atoms with van der Waals surface area (Å²) in [5.41, 5.74) is 4.15. The van der Waals surface area contributed by atoms with Gasteiger partial charge < -0.3 is 10.1 Å². The molecule has 1 heterocycles. The zero-order valence-electron chi connectivity index (χ0n) is 13.2. The number of hydrogen-bond acceptors (Lipinski definition) is 4. The van der Waals surface area contributed by atoms with E-state index in [1.54, 1.807) is 0 Å². The third-order valence-corrected chi connectivity index (χ3v) is 3.39. The smallest absolute Gasteiger partial charge is 0.124 e. The normalized spacial score (nSPS) is 12.2. The van der Waals surface area contributed by atoms with Gasteiger partial charge in [0.15, 0.2) is 0 Å². The van der Waals surface area contributed by atoms with Gasteiger partial charge in [-0.25, -0.2) is 0 Å². The van der Waals surface area contributed by atoms with Crippen LogP contribution in [0.1, 0.15) is 42.4 Å². The molecule has 0 bridgehead atoms. The van der Waals surface area contributed by atoms with Crippen LogP contribution >= 0.6 is 0 Å². The molecular weight excluding hydrogens is 262 g/mol. The molecule has 0 aliphatic rings. The molecule has 112 valence electrons. The predicted octanol–water partition coefficient (Wildman–Crippen LogP) is 3.19. The maximum absolute atomic E-state index is 5.78. The molecule has 1 aromatic carbocycles. The molecule has 0 fully saturated rings. The Hall–Kier alpha value is -1.94. The third kappa shape index (κ3) is 3.58. The van der Waals surface area contributed by atoms with E-state index in [0.717, 1.165) is 34.8 Å². The molecule has 0 saturated heterocycles. The van der Waals surface area contributed by atoms with Crippen molar-refractivity contribution >= 4 is 0 Å². The first-order valence-electron chi connectivity index (χ1n) is 7.43. The van der Waals surface area contributed by atoms with Gasteiger partial charge >= 0.3 is 0 Å². The highest BCUT2D eigenvalue weighted by molar-refractivity contribution is 5.42. The number of aryl methyl sites for hydroxylation is 2. The third-order valence-electron chi connectivity index (χ3n) is 3.39. The number of aromatic nitrogens is 2. The van der Waals surface area contributed by atoms with E-state index < -0.39 is 0 Å². The molecule has 21 heavy (non-hydrogen) atoms. The van der Waals surface area contributed by atoms with Crippen LogP contribution in [0, 0.1) is 13.8 Å². The van der Waals surface area contributed by atoms with Crippen LogP contribution in [-0.4, -0.2) is 23.3 Å². The van der Waals surface area contributed by atoms with Crippen molar-refractivity contribution in [2.45, 2.75) is 33.7 Å². The SMILES string of the molecule is CCNC(c1ccccc1OCC)c1cc(C)nnc1C. The molecule has 1 atom stereocenters. The minimum atomic E-state index is 0.0620. The summed E-state index contributed by atoms with van der Waals surface area (Å²) < 4.78 is 5.78. The molecule has 1 N–H and O–H groups in total. The highest BCUT2D eigenvalue weighted by Gasteiger charge is 2.20. The lowest BCUT2D eigenvalue weighted by Crippen LogP contribution is -2.24. The summed E-state index contributed by atoms with van der Waals surface area (Å²) in [4.78, 5) is 0. The van der Waals surface area contributed by atoms with Crippen molar-refractivity contribution in [1.29, 1.82) is 0 Å². The summed E-state index contributed by atoms with van der Waals surface area (Å²) in [7, 11) is 0. The van der Waals surface area contributed by atoms with Crippen molar-refractivity contribution in [2.24, 2.45) is 0 Å².